The van der Waals surface area contributed by atoms with Gasteiger partial charge in [0.25, 0.3) is 0 Å². The molecule has 0 fully saturated rings. The second kappa shape index (κ2) is 3.61. The SMILES string of the molecule is [Cl][PbH]([Br])[I]. The molecule has 0 heterocycles. The molecule has 0 saturated carbocycles. The van der Waals surface area contributed by atoms with E-state index in [4.69, 9.17) is 8.32 Å². The molecular weight excluding hydrogens is 449 g/mol. The third-order valence-electron chi connectivity index (χ3n) is 0. The van der Waals surface area contributed by atoms with Gasteiger partial charge in [0.2, 0.25) is 0 Å². The molecule has 0 saturated heterocycles. The first-order valence-electron chi connectivity index (χ1n) is 0.655. The van der Waals surface area contributed by atoms with Gasteiger partial charge < -0.3 is 0 Å². The average molecular weight is 450 g/mol. The minimum absolute atomic E-state index is 1.47. The Morgan fingerprint density at radius 3 is 2.00 bits per heavy atom. The molecule has 26 valence electrons. The van der Waals surface area contributed by atoms with Crippen molar-refractivity contribution in [1.29, 1.82) is 0 Å². The maximum absolute atomic E-state index is 5.40. The van der Waals surface area contributed by atoms with Gasteiger partial charge in [0.15, 0.2) is 0 Å². The van der Waals surface area contributed by atoms with Crippen LogP contribution in [0.4, 0.5) is 0 Å². The summed E-state index contributed by atoms with van der Waals surface area (Å²) in [5.41, 5.74) is 0. The van der Waals surface area contributed by atoms with Gasteiger partial charge in [0.05, 0.1) is 0 Å². The van der Waals surface area contributed by atoms with Gasteiger partial charge in [0, 0.05) is 0 Å². The van der Waals surface area contributed by atoms with Gasteiger partial charge in [-0.15, -0.1) is 0 Å². The second-order valence-corrected chi connectivity index (χ2v) is 51.1. The van der Waals surface area contributed by atoms with Crippen LogP contribution in [0, 0.1) is 0 Å². The van der Waals surface area contributed by atoms with Crippen molar-refractivity contribution in [2.24, 2.45) is 0 Å². The van der Waals surface area contributed by atoms with Gasteiger partial charge in [0.1, 0.15) is 0 Å². The molecule has 0 spiro atoms. The molecule has 0 aliphatic carbocycles. The van der Waals surface area contributed by atoms with Gasteiger partial charge in [-0.2, -0.15) is 0 Å². The fourth-order valence-electron chi connectivity index (χ4n) is 0. The van der Waals surface area contributed by atoms with E-state index in [0.717, 1.165) is 0 Å². The van der Waals surface area contributed by atoms with Crippen molar-refractivity contribution in [1.82, 2.24) is 0 Å². The van der Waals surface area contributed by atoms with Crippen LogP contribution in [0.25, 0.3) is 0 Å². The molecule has 0 amide bonds. The van der Waals surface area contributed by atoms with Gasteiger partial charge in [-0.05, 0) is 0 Å². The minimum atomic E-state index is -1.47. The maximum atomic E-state index is 5.40. The Labute approximate surface area is 51.6 Å². The van der Waals surface area contributed by atoms with E-state index in [1.807, 2.05) is 0 Å². The number of halogens is 3. The fourth-order valence-corrected chi connectivity index (χ4v) is 0. The van der Waals surface area contributed by atoms with Crippen LogP contribution in [-0.4, -0.2) is 14.8 Å². The summed E-state index contributed by atoms with van der Waals surface area (Å²) < 4.78 is 0. The van der Waals surface area contributed by atoms with Crippen LogP contribution in [0.5, 0.6) is 0 Å². The molecule has 4 heavy (non-hydrogen) atoms. The topological polar surface area (TPSA) is 0 Å². The van der Waals surface area contributed by atoms with E-state index in [9.17, 15) is 0 Å². The third-order valence-corrected chi connectivity index (χ3v) is 0. The molecule has 4 heteroatoms. The molecule has 0 N–H and O–H groups in total. The van der Waals surface area contributed by atoms with Gasteiger partial charge in [-0.3, -0.25) is 0 Å². The number of hydrogen-bond acceptors (Lipinski definition) is 0. The summed E-state index contributed by atoms with van der Waals surface area (Å²) in [6.07, 6.45) is 0. The molecule has 1 unspecified atom stereocenters. The zero-order valence-corrected chi connectivity index (χ0v) is 10.7. The van der Waals surface area contributed by atoms with Crippen molar-refractivity contribution in [3.8, 4) is 0 Å². The summed E-state index contributed by atoms with van der Waals surface area (Å²) in [5.74, 6) is 0. The van der Waals surface area contributed by atoms with Gasteiger partial charge in [-0.25, -0.2) is 0 Å². The predicted molar refractivity (Wildman–Crippen MR) is 35.9 cm³/mol. The first kappa shape index (κ1) is 6.42. The number of hydrogen-bond donors (Lipinski definition) is 0. The first-order valence-corrected chi connectivity index (χ1v) is 28.5. The van der Waals surface area contributed by atoms with Crippen LogP contribution in [0.2, 0.25) is 0 Å². The Morgan fingerprint density at radius 2 is 2.00 bits per heavy atom. The predicted octanol–water partition coefficient (Wildman–Crippen LogP) is 1.77. The zero-order chi connectivity index (χ0) is 3.58. The van der Waals surface area contributed by atoms with Crippen LogP contribution in [0.1, 0.15) is 0 Å². The quantitative estimate of drug-likeness (QED) is 0.390. The molecular formula is HBrClIPb. The van der Waals surface area contributed by atoms with E-state index in [-0.39, 0.29) is 0 Å². The van der Waals surface area contributed by atoms with Crippen molar-refractivity contribution in [3.63, 3.8) is 0 Å². The molecule has 0 aromatic heterocycles. The van der Waals surface area contributed by atoms with Crippen molar-refractivity contribution in [2.75, 3.05) is 0 Å². The van der Waals surface area contributed by atoms with Crippen molar-refractivity contribution in [3.05, 3.63) is 0 Å². The van der Waals surface area contributed by atoms with E-state index in [1.165, 1.54) is 0 Å². The van der Waals surface area contributed by atoms with Crippen molar-refractivity contribution >= 4 is 52.8 Å². The molecule has 0 aliphatic rings. The Bertz CT molecular complexity index is 12.8. The zero-order valence-electron chi connectivity index (χ0n) is 1.71. The standard InChI is InChI=1S/BrH.ClH.HI.Pb.H/h3*1H;;/q;;;+3;/p-3. The Balaban J connectivity index is 2.32. The Morgan fingerprint density at radius 1 is 2.00 bits per heavy atom. The summed E-state index contributed by atoms with van der Waals surface area (Å²) in [6.45, 7) is 0. The van der Waals surface area contributed by atoms with Crippen molar-refractivity contribution < 1.29 is 0 Å². The van der Waals surface area contributed by atoms with Crippen molar-refractivity contribution in [2.45, 2.75) is 0 Å². The van der Waals surface area contributed by atoms with E-state index in [0.29, 0.717) is 0 Å². The fraction of sp³-hybridized carbons (Fsp3) is 0. The molecule has 0 aromatic carbocycles. The van der Waals surface area contributed by atoms with Crippen LogP contribution in [-0.2, 0) is 0 Å². The van der Waals surface area contributed by atoms with Gasteiger partial charge in [-0.1, -0.05) is 0 Å². The third kappa shape index (κ3) is 8.83. The first-order chi connectivity index (χ1) is 1.73. The normalized spacial score (nSPS) is 15.8. The molecule has 0 nitrogen and oxygen atoms in total. The van der Waals surface area contributed by atoms with E-state index in [2.05, 4.69) is 29.7 Å². The van der Waals surface area contributed by atoms with Crippen LogP contribution in [0.3, 0.4) is 0 Å². The Kier molecular flexibility index (Phi) is 5.79. The molecule has 0 aliphatic heterocycles. The second-order valence-electron chi connectivity index (χ2n) is 0.247. The monoisotopic (exact) mass is 450 g/mol. The van der Waals surface area contributed by atoms with Crippen LogP contribution in [0.15, 0.2) is 0 Å². The summed E-state index contributed by atoms with van der Waals surface area (Å²) in [5, 5.41) is 0. The summed E-state index contributed by atoms with van der Waals surface area (Å²) in [4.78, 5) is 0. The van der Waals surface area contributed by atoms with Gasteiger partial charge >= 0.3 is 52.8 Å². The van der Waals surface area contributed by atoms with E-state index < -0.39 is 14.8 Å². The summed E-state index contributed by atoms with van der Waals surface area (Å²) >= 11 is 4.03. The van der Waals surface area contributed by atoms with E-state index in [1.54, 1.807) is 0 Å². The molecule has 0 radical (unpaired) electrons. The molecule has 0 bridgehead atoms. The molecule has 0 rings (SSSR count). The summed E-state index contributed by atoms with van der Waals surface area (Å²) in [7, 11) is 5.40. The average Bonchev–Trinajstić information content (AvgIpc) is 0.811. The van der Waals surface area contributed by atoms with Crippen LogP contribution >= 0.6 is 38.1 Å². The summed E-state index contributed by atoms with van der Waals surface area (Å²) in [6, 6.07) is 0. The van der Waals surface area contributed by atoms with Crippen LogP contribution < -0.4 is 0 Å². The number of rotatable bonds is 0. The van der Waals surface area contributed by atoms with E-state index >= 15 is 0 Å². The Hall–Kier alpha value is 2.42. The molecule has 0 aromatic rings. The molecule has 1 atom stereocenters.